The molecule has 0 aliphatic heterocycles. The molecule has 100 valence electrons. The third kappa shape index (κ3) is 3.99. The van der Waals surface area contributed by atoms with Gasteiger partial charge in [-0.2, -0.15) is 13.2 Å². The normalized spacial score (nSPS) is 11.6. The molecule has 0 bridgehead atoms. The number of aryl methyl sites for hydroxylation is 1. The maximum atomic E-state index is 12.4. The second kappa shape index (κ2) is 5.65. The zero-order valence-electron chi connectivity index (χ0n) is 10.2. The van der Waals surface area contributed by atoms with E-state index in [9.17, 15) is 13.2 Å². The molecule has 2 aromatic rings. The topological polar surface area (TPSA) is 12.9 Å². The lowest BCUT2D eigenvalue weighted by Gasteiger charge is -2.07. The Bertz CT molecular complexity index is 549. The van der Waals surface area contributed by atoms with Crippen molar-refractivity contribution in [3.05, 3.63) is 59.3 Å². The highest BCUT2D eigenvalue weighted by molar-refractivity contribution is 7.98. The molecule has 2 rings (SSSR count). The SMILES string of the molecule is Cc1cccc(CSc2ccc(C(F)(F)F)cn2)c1. The maximum Gasteiger partial charge on any atom is 0.417 e. The molecule has 1 aromatic carbocycles. The van der Waals surface area contributed by atoms with Gasteiger partial charge in [0.15, 0.2) is 0 Å². The van der Waals surface area contributed by atoms with Gasteiger partial charge in [-0.15, -0.1) is 11.8 Å². The molecule has 0 fully saturated rings. The van der Waals surface area contributed by atoms with Crippen molar-refractivity contribution in [3.63, 3.8) is 0 Å². The van der Waals surface area contributed by atoms with Gasteiger partial charge in [0.05, 0.1) is 10.6 Å². The Morgan fingerprint density at radius 2 is 1.95 bits per heavy atom. The van der Waals surface area contributed by atoms with Crippen LogP contribution in [0, 0.1) is 6.92 Å². The summed E-state index contributed by atoms with van der Waals surface area (Å²) in [7, 11) is 0. The van der Waals surface area contributed by atoms with E-state index in [1.165, 1.54) is 23.4 Å². The van der Waals surface area contributed by atoms with Gasteiger partial charge in [0.1, 0.15) is 0 Å². The van der Waals surface area contributed by atoms with Crippen LogP contribution < -0.4 is 0 Å². The predicted octanol–water partition coefficient (Wildman–Crippen LogP) is 4.70. The minimum atomic E-state index is -4.33. The molecule has 0 aliphatic carbocycles. The fourth-order valence-electron chi connectivity index (χ4n) is 1.59. The van der Waals surface area contributed by atoms with Crippen LogP contribution in [0.25, 0.3) is 0 Å². The standard InChI is InChI=1S/C14H12F3NS/c1-10-3-2-4-11(7-10)9-19-13-6-5-12(8-18-13)14(15,16)17/h2-8H,9H2,1H3. The number of halogens is 3. The molecule has 1 aromatic heterocycles. The molecule has 0 radical (unpaired) electrons. The predicted molar refractivity (Wildman–Crippen MR) is 70.0 cm³/mol. The van der Waals surface area contributed by atoms with Crippen LogP contribution in [0.2, 0.25) is 0 Å². The largest absolute Gasteiger partial charge is 0.417 e. The Balaban J connectivity index is 2.01. The van der Waals surface area contributed by atoms with Crippen LogP contribution in [0.5, 0.6) is 0 Å². The number of thioether (sulfide) groups is 1. The van der Waals surface area contributed by atoms with Crippen molar-refractivity contribution < 1.29 is 13.2 Å². The first-order chi connectivity index (χ1) is 8.95. The van der Waals surface area contributed by atoms with Crippen molar-refractivity contribution in [1.82, 2.24) is 4.98 Å². The second-order valence-electron chi connectivity index (χ2n) is 4.16. The van der Waals surface area contributed by atoms with Crippen LogP contribution in [-0.4, -0.2) is 4.98 Å². The van der Waals surface area contributed by atoms with E-state index in [-0.39, 0.29) is 0 Å². The quantitative estimate of drug-likeness (QED) is 0.757. The molecule has 5 heteroatoms. The smallest absolute Gasteiger partial charge is 0.249 e. The molecular formula is C14H12F3NS. The van der Waals surface area contributed by atoms with E-state index in [0.29, 0.717) is 10.8 Å². The lowest BCUT2D eigenvalue weighted by Crippen LogP contribution is -2.05. The Morgan fingerprint density at radius 1 is 1.16 bits per heavy atom. The zero-order chi connectivity index (χ0) is 13.9. The molecule has 0 saturated heterocycles. The highest BCUT2D eigenvalue weighted by atomic mass is 32.2. The lowest BCUT2D eigenvalue weighted by atomic mass is 10.2. The van der Waals surface area contributed by atoms with Gasteiger partial charge in [0, 0.05) is 11.9 Å². The number of alkyl halides is 3. The summed E-state index contributed by atoms with van der Waals surface area (Å²) in [6, 6.07) is 10.5. The summed E-state index contributed by atoms with van der Waals surface area (Å²) in [5.74, 6) is 0.694. The molecule has 0 amide bonds. The third-order valence-corrected chi connectivity index (χ3v) is 3.55. The molecule has 0 saturated carbocycles. The van der Waals surface area contributed by atoms with Crippen LogP contribution in [0.3, 0.4) is 0 Å². The minimum absolute atomic E-state index is 0.592. The molecule has 0 N–H and O–H groups in total. The summed E-state index contributed by atoms with van der Waals surface area (Å²) < 4.78 is 37.1. The van der Waals surface area contributed by atoms with Crippen LogP contribution >= 0.6 is 11.8 Å². The van der Waals surface area contributed by atoms with Crippen molar-refractivity contribution in [3.8, 4) is 0 Å². The number of benzene rings is 1. The van der Waals surface area contributed by atoms with Crippen molar-refractivity contribution >= 4 is 11.8 Å². The average Bonchev–Trinajstić information content (AvgIpc) is 2.36. The van der Waals surface area contributed by atoms with Crippen LogP contribution in [0.15, 0.2) is 47.6 Å². The Hall–Kier alpha value is -1.49. The van der Waals surface area contributed by atoms with E-state index in [4.69, 9.17) is 0 Å². The lowest BCUT2D eigenvalue weighted by molar-refractivity contribution is -0.137. The Morgan fingerprint density at radius 3 is 2.53 bits per heavy atom. The molecular weight excluding hydrogens is 271 g/mol. The molecule has 0 aliphatic rings. The summed E-state index contributed by atoms with van der Waals surface area (Å²) in [6.45, 7) is 2.00. The van der Waals surface area contributed by atoms with E-state index in [2.05, 4.69) is 11.1 Å². The van der Waals surface area contributed by atoms with E-state index >= 15 is 0 Å². The van der Waals surface area contributed by atoms with Crippen LogP contribution in [0.1, 0.15) is 16.7 Å². The van der Waals surface area contributed by atoms with Gasteiger partial charge in [-0.05, 0) is 24.6 Å². The summed E-state index contributed by atoms with van der Waals surface area (Å²) in [4.78, 5) is 3.83. The number of hydrogen-bond donors (Lipinski definition) is 0. The fraction of sp³-hybridized carbons (Fsp3) is 0.214. The number of nitrogens with zero attached hydrogens (tertiary/aromatic N) is 1. The summed E-state index contributed by atoms with van der Waals surface area (Å²) >= 11 is 1.42. The van der Waals surface area contributed by atoms with Crippen LogP contribution in [0.4, 0.5) is 13.2 Å². The molecule has 19 heavy (non-hydrogen) atoms. The Kier molecular flexibility index (Phi) is 4.14. The van der Waals surface area contributed by atoms with E-state index in [1.54, 1.807) is 0 Å². The van der Waals surface area contributed by atoms with E-state index in [1.807, 2.05) is 25.1 Å². The van der Waals surface area contributed by atoms with Gasteiger partial charge >= 0.3 is 6.18 Å². The van der Waals surface area contributed by atoms with Gasteiger partial charge in [-0.3, -0.25) is 0 Å². The number of aromatic nitrogens is 1. The zero-order valence-corrected chi connectivity index (χ0v) is 11.1. The highest BCUT2D eigenvalue weighted by Gasteiger charge is 2.30. The maximum absolute atomic E-state index is 12.4. The van der Waals surface area contributed by atoms with Gasteiger partial charge in [0.25, 0.3) is 0 Å². The number of pyridine rings is 1. The van der Waals surface area contributed by atoms with Gasteiger partial charge in [0.2, 0.25) is 0 Å². The molecule has 0 spiro atoms. The second-order valence-corrected chi connectivity index (χ2v) is 5.16. The number of rotatable bonds is 3. The van der Waals surface area contributed by atoms with Crippen molar-refractivity contribution in [1.29, 1.82) is 0 Å². The first kappa shape index (κ1) is 13.9. The van der Waals surface area contributed by atoms with Crippen molar-refractivity contribution in [2.75, 3.05) is 0 Å². The first-order valence-electron chi connectivity index (χ1n) is 5.67. The monoisotopic (exact) mass is 283 g/mol. The van der Waals surface area contributed by atoms with Gasteiger partial charge < -0.3 is 0 Å². The first-order valence-corrected chi connectivity index (χ1v) is 6.65. The third-order valence-electron chi connectivity index (χ3n) is 2.53. The van der Waals surface area contributed by atoms with Crippen molar-refractivity contribution in [2.45, 2.75) is 23.9 Å². The molecule has 1 heterocycles. The number of hydrogen-bond acceptors (Lipinski definition) is 2. The summed E-state index contributed by atoms with van der Waals surface area (Å²) in [6.07, 6.45) is -3.45. The van der Waals surface area contributed by atoms with E-state index < -0.39 is 11.7 Å². The average molecular weight is 283 g/mol. The highest BCUT2D eigenvalue weighted by Crippen LogP contribution is 2.30. The van der Waals surface area contributed by atoms with Crippen molar-refractivity contribution in [2.24, 2.45) is 0 Å². The molecule has 0 atom stereocenters. The van der Waals surface area contributed by atoms with Gasteiger partial charge in [-0.25, -0.2) is 4.98 Å². The van der Waals surface area contributed by atoms with E-state index in [0.717, 1.165) is 17.8 Å². The van der Waals surface area contributed by atoms with Crippen LogP contribution in [-0.2, 0) is 11.9 Å². The Labute approximate surface area is 113 Å². The molecule has 0 unspecified atom stereocenters. The fourth-order valence-corrected chi connectivity index (χ4v) is 2.38. The minimum Gasteiger partial charge on any atom is -0.249 e. The summed E-state index contributed by atoms with van der Waals surface area (Å²) in [5, 5.41) is 0.592. The van der Waals surface area contributed by atoms with Gasteiger partial charge in [-0.1, -0.05) is 29.8 Å². The summed E-state index contributed by atoms with van der Waals surface area (Å²) in [5.41, 5.74) is 1.58. The molecule has 1 nitrogen and oxygen atoms in total.